The Hall–Kier alpha value is -0.870. The van der Waals surface area contributed by atoms with Gasteiger partial charge < -0.3 is 0 Å². The van der Waals surface area contributed by atoms with Gasteiger partial charge in [-0.3, -0.25) is 0 Å². The number of hydrogen-bond acceptors (Lipinski definition) is 2. The second-order valence-corrected chi connectivity index (χ2v) is 9.90. The van der Waals surface area contributed by atoms with Crippen molar-refractivity contribution in [2.24, 2.45) is 17.8 Å². The highest BCUT2D eigenvalue weighted by atomic mass is 32.2. The molecular weight excluding hydrogens is 294 g/mol. The minimum atomic E-state index is -3.33. The van der Waals surface area contributed by atoms with E-state index in [0.29, 0.717) is 0 Å². The van der Waals surface area contributed by atoms with Gasteiger partial charge in [-0.15, -0.1) is 0 Å². The lowest BCUT2D eigenvalue weighted by molar-refractivity contribution is -0.00821. The molecule has 0 aromatic heterocycles. The topological polar surface area (TPSA) is 46.2 Å². The number of benzene rings is 1. The lowest BCUT2D eigenvalue weighted by atomic mass is 9.53. The van der Waals surface area contributed by atoms with Crippen LogP contribution in [0.15, 0.2) is 30.3 Å². The lowest BCUT2D eigenvalue weighted by Crippen LogP contribution is -2.60. The summed E-state index contributed by atoms with van der Waals surface area (Å²) < 4.78 is 29.0. The van der Waals surface area contributed by atoms with Gasteiger partial charge >= 0.3 is 0 Å². The molecule has 1 atom stereocenters. The van der Waals surface area contributed by atoms with Crippen molar-refractivity contribution in [1.29, 1.82) is 0 Å². The monoisotopic (exact) mass is 319 g/mol. The van der Waals surface area contributed by atoms with Crippen molar-refractivity contribution in [2.75, 3.05) is 0 Å². The van der Waals surface area contributed by atoms with Crippen LogP contribution < -0.4 is 4.72 Å². The quantitative estimate of drug-likeness (QED) is 0.921. The molecule has 4 saturated carbocycles. The Labute approximate surface area is 133 Å². The summed E-state index contributed by atoms with van der Waals surface area (Å²) in [5.74, 6) is 2.25. The van der Waals surface area contributed by atoms with Crippen LogP contribution in [0.3, 0.4) is 0 Å². The van der Waals surface area contributed by atoms with Gasteiger partial charge in [0.15, 0.2) is 0 Å². The SMILES string of the molecule is CC(c1ccccc1)S(=O)(=O)NC12CC3CC(CC(C3)C1)C2. The van der Waals surface area contributed by atoms with Gasteiger partial charge in [0.2, 0.25) is 10.0 Å². The number of hydrogen-bond donors (Lipinski definition) is 1. The van der Waals surface area contributed by atoms with Crippen LogP contribution in [-0.4, -0.2) is 14.0 Å². The molecule has 3 nitrogen and oxygen atoms in total. The van der Waals surface area contributed by atoms with E-state index in [4.69, 9.17) is 0 Å². The lowest BCUT2D eigenvalue weighted by Gasteiger charge is -2.56. The van der Waals surface area contributed by atoms with E-state index in [1.807, 2.05) is 30.3 Å². The van der Waals surface area contributed by atoms with Gasteiger partial charge in [-0.2, -0.15) is 0 Å². The smallest absolute Gasteiger partial charge is 0.212 e. The first-order chi connectivity index (χ1) is 10.5. The molecule has 120 valence electrons. The molecule has 1 unspecified atom stereocenters. The van der Waals surface area contributed by atoms with Crippen LogP contribution >= 0.6 is 0 Å². The first-order valence-electron chi connectivity index (χ1n) is 8.53. The summed E-state index contributed by atoms with van der Waals surface area (Å²) in [4.78, 5) is 0. The van der Waals surface area contributed by atoms with Gasteiger partial charge in [0.1, 0.15) is 0 Å². The van der Waals surface area contributed by atoms with E-state index in [-0.39, 0.29) is 5.54 Å². The van der Waals surface area contributed by atoms with Gasteiger partial charge in [-0.05, 0) is 68.8 Å². The van der Waals surface area contributed by atoms with Crippen molar-refractivity contribution in [2.45, 2.75) is 56.2 Å². The van der Waals surface area contributed by atoms with E-state index in [0.717, 1.165) is 42.6 Å². The maximum absolute atomic E-state index is 12.9. The van der Waals surface area contributed by atoms with E-state index in [2.05, 4.69) is 4.72 Å². The Morgan fingerprint density at radius 3 is 2.00 bits per heavy atom. The normalized spacial score (nSPS) is 38.1. The zero-order valence-electron chi connectivity index (χ0n) is 13.2. The molecule has 0 saturated heterocycles. The van der Waals surface area contributed by atoms with Crippen molar-refractivity contribution in [3.8, 4) is 0 Å². The fourth-order valence-electron chi connectivity index (χ4n) is 5.53. The van der Waals surface area contributed by atoms with E-state index in [1.165, 1.54) is 19.3 Å². The molecule has 0 heterocycles. The molecule has 0 spiro atoms. The summed E-state index contributed by atoms with van der Waals surface area (Å²) in [6.45, 7) is 1.80. The second kappa shape index (κ2) is 5.07. The van der Waals surface area contributed by atoms with Gasteiger partial charge in [0, 0.05) is 5.54 Å². The third kappa shape index (κ3) is 2.50. The van der Waals surface area contributed by atoms with E-state index < -0.39 is 15.3 Å². The van der Waals surface area contributed by atoms with Gasteiger partial charge in [-0.25, -0.2) is 13.1 Å². The minimum Gasteiger partial charge on any atom is -0.212 e. The van der Waals surface area contributed by atoms with Crippen LogP contribution in [0.1, 0.15) is 56.3 Å². The van der Waals surface area contributed by atoms with Crippen LogP contribution in [0, 0.1) is 17.8 Å². The van der Waals surface area contributed by atoms with Crippen molar-refractivity contribution in [3.63, 3.8) is 0 Å². The van der Waals surface area contributed by atoms with Crippen LogP contribution in [0.4, 0.5) is 0 Å². The third-order valence-electron chi connectivity index (χ3n) is 6.13. The van der Waals surface area contributed by atoms with E-state index >= 15 is 0 Å². The highest BCUT2D eigenvalue weighted by Crippen LogP contribution is 2.56. The third-order valence-corrected chi connectivity index (χ3v) is 8.05. The van der Waals surface area contributed by atoms with Gasteiger partial charge in [0.05, 0.1) is 5.25 Å². The Morgan fingerprint density at radius 1 is 1.00 bits per heavy atom. The summed E-state index contributed by atoms with van der Waals surface area (Å²) in [5.41, 5.74) is 0.733. The first kappa shape index (κ1) is 14.7. The Bertz CT molecular complexity index is 618. The maximum atomic E-state index is 12.9. The van der Waals surface area contributed by atoms with Crippen molar-refractivity contribution in [1.82, 2.24) is 4.72 Å². The summed E-state index contributed by atoms with van der Waals surface area (Å²) in [6, 6.07) is 9.56. The highest BCUT2D eigenvalue weighted by molar-refractivity contribution is 7.89. The molecule has 0 amide bonds. The van der Waals surface area contributed by atoms with E-state index in [1.54, 1.807) is 6.92 Å². The summed E-state index contributed by atoms with van der Waals surface area (Å²) in [5, 5.41) is -0.485. The maximum Gasteiger partial charge on any atom is 0.218 e. The van der Waals surface area contributed by atoms with Crippen LogP contribution in [0.2, 0.25) is 0 Å². The molecule has 4 aliphatic carbocycles. The summed E-state index contributed by atoms with van der Waals surface area (Å²) >= 11 is 0. The molecule has 1 aromatic rings. The fraction of sp³-hybridized carbons (Fsp3) is 0.667. The van der Waals surface area contributed by atoms with Crippen molar-refractivity contribution in [3.05, 3.63) is 35.9 Å². The zero-order chi connectivity index (χ0) is 15.4. The van der Waals surface area contributed by atoms with Crippen molar-refractivity contribution < 1.29 is 8.42 Å². The summed E-state index contributed by atoms with van der Waals surface area (Å²) in [7, 11) is -3.33. The number of rotatable bonds is 4. The molecule has 5 rings (SSSR count). The Morgan fingerprint density at radius 2 is 1.50 bits per heavy atom. The molecule has 4 fully saturated rings. The standard InChI is InChI=1S/C18H25NO2S/c1-13(17-5-3-2-4-6-17)22(20,21)19-18-10-14-7-15(11-18)9-16(8-14)12-18/h2-6,13-16,19H,7-12H2,1H3. The highest BCUT2D eigenvalue weighted by Gasteiger charge is 2.52. The average Bonchev–Trinajstić information content (AvgIpc) is 2.44. The first-order valence-corrected chi connectivity index (χ1v) is 10.1. The summed E-state index contributed by atoms with van der Waals surface area (Å²) in [6.07, 6.45) is 7.15. The van der Waals surface area contributed by atoms with Gasteiger partial charge in [-0.1, -0.05) is 30.3 Å². The Balaban J connectivity index is 1.57. The second-order valence-electron chi connectivity index (χ2n) is 7.90. The number of sulfonamides is 1. The van der Waals surface area contributed by atoms with Crippen LogP contribution in [-0.2, 0) is 10.0 Å². The Kier molecular flexibility index (Phi) is 3.39. The zero-order valence-corrected chi connectivity index (χ0v) is 14.0. The molecule has 4 heteroatoms. The van der Waals surface area contributed by atoms with Gasteiger partial charge in [0.25, 0.3) is 0 Å². The fourth-order valence-corrected chi connectivity index (χ4v) is 7.07. The molecule has 4 aliphatic rings. The predicted molar refractivity (Wildman–Crippen MR) is 87.8 cm³/mol. The average molecular weight is 319 g/mol. The molecule has 0 radical (unpaired) electrons. The van der Waals surface area contributed by atoms with Crippen LogP contribution in [0.5, 0.6) is 0 Å². The minimum absolute atomic E-state index is 0.142. The molecule has 4 bridgehead atoms. The molecule has 22 heavy (non-hydrogen) atoms. The van der Waals surface area contributed by atoms with Crippen molar-refractivity contribution >= 4 is 10.0 Å². The molecular formula is C18H25NO2S. The number of nitrogens with one attached hydrogen (secondary N) is 1. The molecule has 1 N–H and O–H groups in total. The predicted octanol–water partition coefficient (Wildman–Crippen LogP) is 3.64. The molecule has 1 aromatic carbocycles. The molecule has 0 aliphatic heterocycles. The van der Waals surface area contributed by atoms with Crippen LogP contribution in [0.25, 0.3) is 0 Å². The largest absolute Gasteiger partial charge is 0.218 e. The van der Waals surface area contributed by atoms with E-state index in [9.17, 15) is 8.42 Å².